The lowest BCUT2D eigenvalue weighted by molar-refractivity contribution is 0.236. The van der Waals surface area contributed by atoms with Crippen LogP contribution in [0.25, 0.3) is 44.9 Å². The summed E-state index contributed by atoms with van der Waals surface area (Å²) in [5, 5.41) is -0.745. The molecule has 3 aromatic carbocycles. The van der Waals surface area contributed by atoms with Crippen LogP contribution in [0, 0.1) is 11.6 Å². The van der Waals surface area contributed by atoms with Gasteiger partial charge in [0.05, 0.1) is 33.2 Å². The molecule has 0 unspecified atom stereocenters. The van der Waals surface area contributed by atoms with Gasteiger partial charge in [-0.25, -0.2) is 31.1 Å². The second-order valence-electron chi connectivity index (χ2n) is 10.9. The van der Waals surface area contributed by atoms with E-state index in [1.807, 2.05) is 30.3 Å². The zero-order chi connectivity index (χ0) is 30.3. The van der Waals surface area contributed by atoms with Gasteiger partial charge in [-0.1, -0.05) is 36.4 Å². The zero-order valence-electron chi connectivity index (χ0n) is 23.8. The number of H-pyrrole nitrogens is 1. The third-order valence-corrected chi connectivity index (χ3v) is 9.74. The van der Waals surface area contributed by atoms with Crippen molar-refractivity contribution in [2.24, 2.45) is 0 Å². The third kappa shape index (κ3) is 5.48. The molecule has 12 heteroatoms. The normalized spacial score (nSPS) is 14.3. The second-order valence-corrected chi connectivity index (χ2v) is 13.2. The predicted octanol–water partition coefficient (Wildman–Crippen LogP) is 5.68. The number of fused-ring (bicyclic) bond motifs is 1. The molecule has 0 atom stereocenters. The van der Waals surface area contributed by atoms with Gasteiger partial charge in [0.25, 0.3) is 0 Å². The van der Waals surface area contributed by atoms with Crippen LogP contribution < -0.4 is 10.5 Å². The molecule has 3 heterocycles. The molecule has 2 aromatic heterocycles. The Morgan fingerprint density at radius 1 is 0.977 bits per heavy atom. The van der Waals surface area contributed by atoms with E-state index >= 15 is 8.78 Å². The molecule has 0 saturated carbocycles. The summed E-state index contributed by atoms with van der Waals surface area (Å²) in [5.74, 6) is -1.70. The quantitative estimate of drug-likeness (QED) is 0.222. The maximum absolute atomic E-state index is 15.5. The molecule has 43 heavy (non-hydrogen) atoms. The van der Waals surface area contributed by atoms with E-state index in [2.05, 4.69) is 19.9 Å². The number of ether oxygens (including phenoxy) is 1. The van der Waals surface area contributed by atoms with Crippen LogP contribution in [0.1, 0.15) is 26.7 Å². The number of likely N-dealkylation sites (tertiary alicyclic amines) is 1. The molecule has 224 valence electrons. The van der Waals surface area contributed by atoms with Crippen molar-refractivity contribution in [3.8, 4) is 39.7 Å². The fourth-order valence-corrected chi connectivity index (χ4v) is 6.51. The molecule has 9 nitrogen and oxygen atoms in total. The summed E-state index contributed by atoms with van der Waals surface area (Å²) in [7, 11) is -3.83. The fourth-order valence-electron chi connectivity index (χ4n) is 5.37. The number of nitrogens with zero attached hydrogens (tertiary/aromatic N) is 4. The van der Waals surface area contributed by atoms with E-state index in [0.717, 1.165) is 47.6 Å². The van der Waals surface area contributed by atoms with E-state index in [9.17, 15) is 8.42 Å². The molecule has 3 N–H and O–H groups in total. The van der Waals surface area contributed by atoms with Gasteiger partial charge in [0.15, 0.2) is 0 Å². The monoisotopic (exact) mass is 606 g/mol. The maximum atomic E-state index is 15.5. The van der Waals surface area contributed by atoms with Gasteiger partial charge in [-0.3, -0.25) is 4.90 Å². The Balaban J connectivity index is 1.42. The summed E-state index contributed by atoms with van der Waals surface area (Å²) >= 11 is 0. The summed E-state index contributed by atoms with van der Waals surface area (Å²) in [4.78, 5) is 14.2. The number of nitrogens with one attached hydrogen (secondary N) is 1. The first-order valence-electron chi connectivity index (χ1n) is 14.2. The molecule has 0 radical (unpaired) electrons. The van der Waals surface area contributed by atoms with E-state index in [1.165, 1.54) is 0 Å². The van der Waals surface area contributed by atoms with Gasteiger partial charge in [0.1, 0.15) is 29.8 Å². The van der Waals surface area contributed by atoms with Crippen molar-refractivity contribution in [3.05, 3.63) is 72.3 Å². The van der Waals surface area contributed by atoms with E-state index in [-0.39, 0.29) is 28.6 Å². The standard InChI is InChI=1S/C31H32F2N6O3S/c1-19(2)43(40,41)39-26-16-21(10-11-25(26)35-31(39)34)29-28(20-8-4-3-5-9-20)36-30(37-29)27-23(32)17-22(18-24(27)33)42-15-14-38-12-6-7-13-38/h3-5,8-11,16-19H,6-7,12-15H2,1-2H3,(H2,34,35)(H,36,37). The number of nitrogen functional groups attached to an aromatic ring is 1. The first-order chi connectivity index (χ1) is 20.6. The minimum absolute atomic E-state index is 0.0182. The molecule has 1 fully saturated rings. The number of aromatic nitrogens is 4. The Morgan fingerprint density at radius 3 is 2.35 bits per heavy atom. The summed E-state index contributed by atoms with van der Waals surface area (Å²) < 4.78 is 63.8. The molecular weight excluding hydrogens is 574 g/mol. The molecule has 1 aliphatic rings. The Labute approximate surface area is 248 Å². The van der Waals surface area contributed by atoms with Crippen LogP contribution in [0.4, 0.5) is 14.7 Å². The highest BCUT2D eigenvalue weighted by molar-refractivity contribution is 7.90. The smallest absolute Gasteiger partial charge is 0.244 e. The van der Waals surface area contributed by atoms with Crippen molar-refractivity contribution in [3.63, 3.8) is 0 Å². The summed E-state index contributed by atoms with van der Waals surface area (Å²) in [6, 6.07) is 16.5. The Morgan fingerprint density at radius 2 is 1.67 bits per heavy atom. The van der Waals surface area contributed by atoms with E-state index in [4.69, 9.17) is 10.5 Å². The lowest BCUT2D eigenvalue weighted by Gasteiger charge is -2.15. The number of nitrogens with two attached hydrogens (primary N) is 1. The summed E-state index contributed by atoms with van der Waals surface area (Å²) in [6.45, 7) is 6.16. The largest absolute Gasteiger partial charge is 0.492 e. The van der Waals surface area contributed by atoms with E-state index in [0.29, 0.717) is 35.6 Å². The van der Waals surface area contributed by atoms with Crippen molar-refractivity contribution in [1.82, 2.24) is 23.8 Å². The molecule has 5 aromatic rings. The summed E-state index contributed by atoms with van der Waals surface area (Å²) in [5.41, 5.74) is 8.49. The SMILES string of the molecule is CC(C)S(=O)(=O)n1c(N)nc2ccc(-c3nc(-c4c(F)cc(OCCN5CCCC5)cc4F)[nH]c3-c3ccccc3)cc21. The number of imidazole rings is 2. The first-order valence-corrected chi connectivity index (χ1v) is 15.7. The predicted molar refractivity (Wildman–Crippen MR) is 163 cm³/mol. The number of rotatable bonds is 9. The van der Waals surface area contributed by atoms with Crippen LogP contribution in [0.2, 0.25) is 0 Å². The first kappa shape index (κ1) is 28.8. The molecule has 0 bridgehead atoms. The molecule has 1 aliphatic heterocycles. The van der Waals surface area contributed by atoms with Crippen LogP contribution in [0.15, 0.2) is 60.7 Å². The van der Waals surface area contributed by atoms with Gasteiger partial charge in [-0.15, -0.1) is 0 Å². The van der Waals surface area contributed by atoms with Crippen molar-refractivity contribution in [2.75, 3.05) is 32.0 Å². The average Bonchev–Trinajstić information content (AvgIpc) is 3.71. The highest BCUT2D eigenvalue weighted by Gasteiger charge is 2.26. The number of aromatic amines is 1. The number of benzene rings is 3. The van der Waals surface area contributed by atoms with Crippen LogP contribution in [-0.4, -0.2) is 63.7 Å². The van der Waals surface area contributed by atoms with E-state index < -0.39 is 26.9 Å². The van der Waals surface area contributed by atoms with Crippen LogP contribution in [0.5, 0.6) is 5.75 Å². The number of anilines is 1. The third-order valence-electron chi connectivity index (χ3n) is 7.65. The van der Waals surface area contributed by atoms with Gasteiger partial charge in [0.2, 0.25) is 16.0 Å². The lowest BCUT2D eigenvalue weighted by atomic mass is 10.0. The van der Waals surface area contributed by atoms with Crippen molar-refractivity contribution in [1.29, 1.82) is 0 Å². The van der Waals surface area contributed by atoms with Crippen molar-refractivity contribution >= 4 is 27.0 Å². The molecule has 0 amide bonds. The van der Waals surface area contributed by atoms with Gasteiger partial charge in [0, 0.05) is 29.8 Å². The fraction of sp³-hybridized carbons (Fsp3) is 0.290. The maximum Gasteiger partial charge on any atom is 0.244 e. The average molecular weight is 607 g/mol. The second kappa shape index (κ2) is 11.4. The molecule has 1 saturated heterocycles. The van der Waals surface area contributed by atoms with Gasteiger partial charge in [-0.05, 0) is 51.9 Å². The van der Waals surface area contributed by atoms with Crippen LogP contribution >= 0.6 is 0 Å². The number of hydrogen-bond donors (Lipinski definition) is 2. The van der Waals surface area contributed by atoms with Gasteiger partial charge in [-0.2, -0.15) is 0 Å². The van der Waals surface area contributed by atoms with Gasteiger partial charge < -0.3 is 15.5 Å². The topological polar surface area (TPSA) is 119 Å². The minimum atomic E-state index is -3.83. The highest BCUT2D eigenvalue weighted by atomic mass is 32.2. The minimum Gasteiger partial charge on any atom is -0.492 e. The zero-order valence-corrected chi connectivity index (χ0v) is 24.7. The lowest BCUT2D eigenvalue weighted by Crippen LogP contribution is -2.25. The molecule has 0 spiro atoms. The van der Waals surface area contributed by atoms with Crippen molar-refractivity contribution in [2.45, 2.75) is 31.9 Å². The Hall–Kier alpha value is -4.29. The van der Waals surface area contributed by atoms with Crippen LogP contribution in [-0.2, 0) is 10.0 Å². The van der Waals surface area contributed by atoms with Crippen molar-refractivity contribution < 1.29 is 21.9 Å². The van der Waals surface area contributed by atoms with E-state index in [1.54, 1.807) is 32.0 Å². The van der Waals surface area contributed by atoms with Gasteiger partial charge >= 0.3 is 0 Å². The molecule has 6 rings (SSSR count). The highest BCUT2D eigenvalue weighted by Crippen LogP contribution is 2.37. The Bertz CT molecular complexity index is 1870. The molecule has 0 aliphatic carbocycles. The summed E-state index contributed by atoms with van der Waals surface area (Å²) in [6.07, 6.45) is 2.30. The Kier molecular flexibility index (Phi) is 7.65. The number of halogens is 2. The molecular formula is C31H32F2N6O3S. The van der Waals surface area contributed by atoms with Crippen LogP contribution in [0.3, 0.4) is 0 Å². The number of hydrogen-bond acceptors (Lipinski definition) is 7.